The first-order chi connectivity index (χ1) is 8.25. The molecule has 1 aliphatic heterocycles. The Morgan fingerprint density at radius 3 is 2.76 bits per heavy atom. The molecule has 3 rings (SSSR count). The molecule has 2 aliphatic carbocycles. The number of hydrogen-bond donors (Lipinski definition) is 2. The monoisotopic (exact) mass is 254 g/mol. The minimum absolute atomic E-state index is 0.111. The molecule has 0 aromatic heterocycles. The summed E-state index contributed by atoms with van der Waals surface area (Å²) in [5.74, 6) is 2.80. The second-order valence-corrected chi connectivity index (χ2v) is 7.22. The highest BCUT2D eigenvalue weighted by atomic mass is 32.2. The van der Waals surface area contributed by atoms with E-state index in [0.717, 1.165) is 6.54 Å². The largest absolute Gasteiger partial charge is 0.355 e. The normalized spacial score (nSPS) is 44.2. The van der Waals surface area contributed by atoms with Crippen molar-refractivity contribution in [2.75, 3.05) is 12.3 Å². The third kappa shape index (κ3) is 2.22. The lowest BCUT2D eigenvalue weighted by atomic mass is 9.84. The van der Waals surface area contributed by atoms with Crippen LogP contribution < -0.4 is 11.1 Å². The average molecular weight is 254 g/mol. The van der Waals surface area contributed by atoms with Crippen molar-refractivity contribution in [3.05, 3.63) is 0 Å². The summed E-state index contributed by atoms with van der Waals surface area (Å²) in [6.45, 7) is 0.851. The number of amides is 1. The van der Waals surface area contributed by atoms with Gasteiger partial charge in [0.2, 0.25) is 5.91 Å². The number of hydrogen-bond acceptors (Lipinski definition) is 3. The zero-order valence-corrected chi connectivity index (χ0v) is 11.0. The quantitative estimate of drug-likeness (QED) is 0.800. The fraction of sp³-hybridized carbons (Fsp3) is 0.923. The van der Waals surface area contributed by atoms with E-state index in [-0.39, 0.29) is 17.9 Å². The summed E-state index contributed by atoms with van der Waals surface area (Å²) in [6.07, 6.45) is 6.21. The molecule has 0 spiro atoms. The van der Waals surface area contributed by atoms with E-state index in [9.17, 15) is 4.79 Å². The van der Waals surface area contributed by atoms with Gasteiger partial charge in [-0.15, -0.1) is 0 Å². The van der Waals surface area contributed by atoms with E-state index in [1.807, 2.05) is 11.8 Å². The van der Waals surface area contributed by atoms with Crippen molar-refractivity contribution in [2.24, 2.45) is 23.5 Å². The minimum Gasteiger partial charge on any atom is -0.355 e. The van der Waals surface area contributed by atoms with Crippen molar-refractivity contribution in [2.45, 2.75) is 43.4 Å². The van der Waals surface area contributed by atoms with Gasteiger partial charge >= 0.3 is 0 Å². The van der Waals surface area contributed by atoms with E-state index in [2.05, 4.69) is 5.32 Å². The Labute approximate surface area is 107 Å². The van der Waals surface area contributed by atoms with Crippen LogP contribution in [-0.4, -0.2) is 29.5 Å². The smallest absolute Gasteiger partial charge is 0.225 e. The number of nitrogens with two attached hydrogens (primary N) is 1. The van der Waals surface area contributed by atoms with Crippen LogP contribution in [0.2, 0.25) is 0 Å². The number of carbonyl (C=O) groups excluding carboxylic acids is 1. The summed E-state index contributed by atoms with van der Waals surface area (Å²) in [5.41, 5.74) is 6.18. The number of nitrogens with one attached hydrogen (secondary N) is 1. The first-order valence-electron chi connectivity index (χ1n) is 6.90. The number of thioether (sulfide) groups is 1. The van der Waals surface area contributed by atoms with Crippen LogP contribution in [0.1, 0.15) is 32.1 Å². The minimum atomic E-state index is 0.111. The van der Waals surface area contributed by atoms with E-state index >= 15 is 0 Å². The standard InChI is InChI=1S/C13H22N2OS/c14-12-9-4-3-8(6-9)11(12)13(16)15-7-10-2-1-5-17-10/h8-12H,1-7,14H2,(H,15,16). The van der Waals surface area contributed by atoms with Crippen molar-refractivity contribution in [3.63, 3.8) is 0 Å². The molecule has 0 aromatic carbocycles. The number of rotatable bonds is 3. The molecule has 1 saturated heterocycles. The van der Waals surface area contributed by atoms with E-state index < -0.39 is 0 Å². The Hall–Kier alpha value is -0.220. The Kier molecular flexibility index (Phi) is 3.35. The van der Waals surface area contributed by atoms with Gasteiger partial charge in [0, 0.05) is 17.8 Å². The summed E-state index contributed by atoms with van der Waals surface area (Å²) in [7, 11) is 0. The predicted octanol–water partition coefficient (Wildman–Crippen LogP) is 1.37. The van der Waals surface area contributed by atoms with Gasteiger partial charge in [-0.05, 0) is 49.7 Å². The maximum atomic E-state index is 12.2. The van der Waals surface area contributed by atoms with E-state index in [1.165, 1.54) is 37.9 Å². The Morgan fingerprint density at radius 1 is 1.29 bits per heavy atom. The molecular weight excluding hydrogens is 232 g/mol. The molecule has 5 atom stereocenters. The molecule has 3 nitrogen and oxygen atoms in total. The lowest BCUT2D eigenvalue weighted by molar-refractivity contribution is -0.127. The van der Waals surface area contributed by atoms with Crippen LogP contribution in [0.4, 0.5) is 0 Å². The zero-order valence-electron chi connectivity index (χ0n) is 10.2. The van der Waals surface area contributed by atoms with Gasteiger partial charge in [0.05, 0.1) is 5.92 Å². The molecule has 0 radical (unpaired) electrons. The van der Waals surface area contributed by atoms with Gasteiger partial charge in [0.1, 0.15) is 0 Å². The van der Waals surface area contributed by atoms with Crippen molar-refractivity contribution in [3.8, 4) is 0 Å². The molecule has 5 unspecified atom stereocenters. The summed E-state index contributed by atoms with van der Waals surface area (Å²) in [4.78, 5) is 12.2. The van der Waals surface area contributed by atoms with E-state index in [0.29, 0.717) is 17.1 Å². The first-order valence-corrected chi connectivity index (χ1v) is 7.95. The van der Waals surface area contributed by atoms with Crippen LogP contribution >= 0.6 is 11.8 Å². The maximum Gasteiger partial charge on any atom is 0.225 e. The Bertz CT molecular complexity index is 302. The van der Waals surface area contributed by atoms with Crippen LogP contribution in [0.5, 0.6) is 0 Å². The molecule has 17 heavy (non-hydrogen) atoms. The molecule has 2 bridgehead atoms. The molecule has 2 saturated carbocycles. The van der Waals surface area contributed by atoms with Crippen molar-refractivity contribution < 1.29 is 4.79 Å². The second kappa shape index (κ2) is 4.81. The molecule has 3 aliphatic rings. The van der Waals surface area contributed by atoms with Crippen molar-refractivity contribution in [1.82, 2.24) is 5.32 Å². The SMILES string of the molecule is NC1C2CCC(C2)C1C(=O)NCC1CCCS1. The van der Waals surface area contributed by atoms with Crippen LogP contribution in [0.25, 0.3) is 0 Å². The van der Waals surface area contributed by atoms with Gasteiger partial charge in [-0.2, -0.15) is 11.8 Å². The maximum absolute atomic E-state index is 12.2. The highest BCUT2D eigenvalue weighted by Gasteiger charge is 2.48. The molecule has 4 heteroatoms. The molecule has 96 valence electrons. The lowest BCUT2D eigenvalue weighted by Gasteiger charge is -2.27. The predicted molar refractivity (Wildman–Crippen MR) is 70.8 cm³/mol. The molecular formula is C13H22N2OS. The van der Waals surface area contributed by atoms with Gasteiger partial charge in [0.25, 0.3) is 0 Å². The van der Waals surface area contributed by atoms with Gasteiger partial charge in [-0.25, -0.2) is 0 Å². The third-order valence-electron chi connectivity index (χ3n) is 4.81. The average Bonchev–Trinajstić information content (AvgIpc) is 3.02. The summed E-state index contributed by atoms with van der Waals surface area (Å²) >= 11 is 2.00. The van der Waals surface area contributed by atoms with Gasteiger partial charge in [-0.1, -0.05) is 0 Å². The first kappa shape index (κ1) is 11.8. The highest BCUT2D eigenvalue weighted by Crippen LogP contribution is 2.47. The Morgan fingerprint density at radius 2 is 2.12 bits per heavy atom. The van der Waals surface area contributed by atoms with Gasteiger partial charge in [0.15, 0.2) is 0 Å². The molecule has 3 N–H and O–H groups in total. The van der Waals surface area contributed by atoms with Crippen LogP contribution in [-0.2, 0) is 4.79 Å². The molecule has 0 aromatic rings. The lowest BCUT2D eigenvalue weighted by Crippen LogP contribution is -2.46. The molecule has 1 heterocycles. The van der Waals surface area contributed by atoms with Crippen LogP contribution in [0, 0.1) is 17.8 Å². The van der Waals surface area contributed by atoms with Gasteiger partial charge < -0.3 is 11.1 Å². The highest BCUT2D eigenvalue weighted by molar-refractivity contribution is 8.00. The summed E-state index contributed by atoms with van der Waals surface area (Å²) in [5, 5.41) is 3.79. The Balaban J connectivity index is 1.52. The number of fused-ring (bicyclic) bond motifs is 2. The fourth-order valence-electron chi connectivity index (χ4n) is 3.86. The summed E-state index contributed by atoms with van der Waals surface area (Å²) < 4.78 is 0. The third-order valence-corrected chi connectivity index (χ3v) is 6.21. The van der Waals surface area contributed by atoms with Crippen LogP contribution in [0.15, 0.2) is 0 Å². The number of carbonyl (C=O) groups is 1. The van der Waals surface area contributed by atoms with Crippen LogP contribution in [0.3, 0.4) is 0 Å². The zero-order chi connectivity index (χ0) is 11.8. The second-order valence-electron chi connectivity index (χ2n) is 5.82. The fourth-order valence-corrected chi connectivity index (χ4v) is 5.06. The van der Waals surface area contributed by atoms with Crippen molar-refractivity contribution >= 4 is 17.7 Å². The van der Waals surface area contributed by atoms with Gasteiger partial charge in [-0.3, -0.25) is 4.79 Å². The van der Waals surface area contributed by atoms with E-state index in [4.69, 9.17) is 5.73 Å². The van der Waals surface area contributed by atoms with Crippen molar-refractivity contribution in [1.29, 1.82) is 0 Å². The van der Waals surface area contributed by atoms with E-state index in [1.54, 1.807) is 0 Å². The topological polar surface area (TPSA) is 55.1 Å². The summed E-state index contributed by atoms with van der Waals surface area (Å²) in [6, 6.07) is 0.130. The molecule has 1 amide bonds. The molecule has 3 fully saturated rings.